The van der Waals surface area contributed by atoms with Gasteiger partial charge >= 0.3 is 6.18 Å². The molecule has 1 aromatic heterocycles. The van der Waals surface area contributed by atoms with Gasteiger partial charge in [0.2, 0.25) is 0 Å². The third-order valence-corrected chi connectivity index (χ3v) is 3.84. The molecule has 0 spiro atoms. The van der Waals surface area contributed by atoms with Gasteiger partial charge in [-0.3, -0.25) is 4.79 Å². The van der Waals surface area contributed by atoms with Crippen LogP contribution in [-0.2, 0) is 6.18 Å². The Kier molecular flexibility index (Phi) is 5.27. The molecule has 0 aliphatic heterocycles. The van der Waals surface area contributed by atoms with Gasteiger partial charge in [0.25, 0.3) is 5.91 Å². The fourth-order valence-corrected chi connectivity index (χ4v) is 2.58. The average Bonchev–Trinajstić information content (AvgIpc) is 2.65. The van der Waals surface area contributed by atoms with Gasteiger partial charge in [-0.15, -0.1) is 0 Å². The number of amides is 1. The number of carbonyl (C=O) groups excluding carboxylic acids is 1. The highest BCUT2D eigenvalue weighted by Gasteiger charge is 2.29. The van der Waals surface area contributed by atoms with Crippen molar-refractivity contribution >= 4 is 28.3 Å². The molecule has 3 N–H and O–H groups in total. The molecular formula is C19H16F3N3O2. The lowest BCUT2D eigenvalue weighted by atomic mass is 10.1. The molecule has 0 fully saturated rings. The number of hydrogen-bond donors (Lipinski definition) is 3. The van der Waals surface area contributed by atoms with E-state index < -0.39 is 11.7 Å². The highest BCUT2D eigenvalue weighted by molar-refractivity contribution is 6.07. The minimum absolute atomic E-state index is 0.108. The zero-order chi connectivity index (χ0) is 19.4. The van der Waals surface area contributed by atoms with E-state index in [1.807, 2.05) is 0 Å². The zero-order valence-electron chi connectivity index (χ0n) is 14.0. The number of fused-ring (bicyclic) bond motifs is 1. The van der Waals surface area contributed by atoms with Crippen LogP contribution in [0.5, 0.6) is 0 Å². The second kappa shape index (κ2) is 7.63. The Balaban J connectivity index is 1.94. The number of carbonyl (C=O) groups is 1. The van der Waals surface area contributed by atoms with Gasteiger partial charge in [-0.05, 0) is 36.4 Å². The molecule has 0 unspecified atom stereocenters. The normalized spacial score (nSPS) is 11.4. The fourth-order valence-electron chi connectivity index (χ4n) is 2.58. The highest BCUT2D eigenvalue weighted by atomic mass is 19.4. The monoisotopic (exact) mass is 375 g/mol. The van der Waals surface area contributed by atoms with Crippen molar-refractivity contribution in [1.29, 1.82) is 0 Å². The number of benzene rings is 2. The van der Waals surface area contributed by atoms with Crippen LogP contribution in [0.4, 0.5) is 24.7 Å². The molecule has 3 aromatic rings. The predicted octanol–water partition coefficient (Wildman–Crippen LogP) is 3.72. The number of pyridine rings is 1. The molecule has 140 valence electrons. The van der Waals surface area contributed by atoms with E-state index in [1.165, 1.54) is 18.2 Å². The third kappa shape index (κ3) is 4.35. The topological polar surface area (TPSA) is 74.2 Å². The van der Waals surface area contributed by atoms with E-state index in [-0.39, 0.29) is 19.1 Å². The Labute approximate surface area is 152 Å². The van der Waals surface area contributed by atoms with Crippen molar-refractivity contribution in [3.8, 4) is 0 Å². The summed E-state index contributed by atoms with van der Waals surface area (Å²) in [6.07, 6.45) is -4.41. The summed E-state index contributed by atoms with van der Waals surface area (Å²) in [5.74, 6) is -0.0549. The summed E-state index contributed by atoms with van der Waals surface area (Å²) in [6, 6.07) is 13.1. The summed E-state index contributed by atoms with van der Waals surface area (Å²) in [7, 11) is 0. The zero-order valence-corrected chi connectivity index (χ0v) is 14.0. The van der Waals surface area contributed by atoms with E-state index in [0.717, 1.165) is 12.1 Å². The largest absolute Gasteiger partial charge is 0.416 e. The first-order chi connectivity index (χ1) is 12.9. The molecule has 3 rings (SSSR count). The van der Waals surface area contributed by atoms with E-state index in [0.29, 0.717) is 28.0 Å². The molecule has 5 nitrogen and oxygen atoms in total. The van der Waals surface area contributed by atoms with Gasteiger partial charge in [0.1, 0.15) is 5.82 Å². The van der Waals surface area contributed by atoms with Crippen molar-refractivity contribution in [2.75, 3.05) is 18.5 Å². The summed E-state index contributed by atoms with van der Waals surface area (Å²) in [5.41, 5.74) is 0.572. The second-order valence-electron chi connectivity index (χ2n) is 5.75. The Morgan fingerprint density at radius 3 is 2.44 bits per heavy atom. The summed E-state index contributed by atoms with van der Waals surface area (Å²) < 4.78 is 38.0. The van der Waals surface area contributed by atoms with Gasteiger partial charge in [-0.25, -0.2) is 4.98 Å². The lowest BCUT2D eigenvalue weighted by molar-refractivity contribution is -0.137. The third-order valence-electron chi connectivity index (χ3n) is 3.84. The molecule has 0 bridgehead atoms. The van der Waals surface area contributed by atoms with Crippen molar-refractivity contribution in [2.24, 2.45) is 0 Å². The number of rotatable bonds is 5. The van der Waals surface area contributed by atoms with Crippen LogP contribution in [0.2, 0.25) is 0 Å². The second-order valence-corrected chi connectivity index (χ2v) is 5.75. The van der Waals surface area contributed by atoms with E-state index in [1.54, 1.807) is 24.3 Å². The summed E-state index contributed by atoms with van der Waals surface area (Å²) in [4.78, 5) is 16.8. The van der Waals surface area contributed by atoms with Gasteiger partial charge in [0.15, 0.2) is 0 Å². The van der Waals surface area contributed by atoms with E-state index in [2.05, 4.69) is 15.6 Å². The molecule has 0 aliphatic carbocycles. The van der Waals surface area contributed by atoms with Crippen LogP contribution >= 0.6 is 0 Å². The Morgan fingerprint density at radius 2 is 1.78 bits per heavy atom. The van der Waals surface area contributed by atoms with E-state index >= 15 is 0 Å². The van der Waals surface area contributed by atoms with E-state index in [9.17, 15) is 18.0 Å². The van der Waals surface area contributed by atoms with E-state index in [4.69, 9.17) is 5.11 Å². The number of nitrogens with one attached hydrogen (secondary N) is 2. The molecule has 0 atom stereocenters. The molecule has 0 aliphatic rings. The standard InChI is InChI=1S/C19H16F3N3O2/c20-19(21,22)12-5-7-13(8-6-12)24-17-11-15(18(27)23-9-10-26)14-3-1-2-4-16(14)25-17/h1-8,11,26H,9-10H2,(H,23,27)(H,24,25). The first kappa shape index (κ1) is 18.7. The summed E-state index contributed by atoms with van der Waals surface area (Å²) in [5, 5.41) is 15.0. The SMILES string of the molecule is O=C(NCCO)c1cc(Nc2ccc(C(F)(F)F)cc2)nc2ccccc12. The van der Waals surface area contributed by atoms with Gasteiger partial charge in [0.05, 0.1) is 23.3 Å². The van der Waals surface area contributed by atoms with Crippen LogP contribution < -0.4 is 10.6 Å². The lowest BCUT2D eigenvalue weighted by Gasteiger charge is -2.12. The van der Waals surface area contributed by atoms with Crippen LogP contribution in [0, 0.1) is 0 Å². The lowest BCUT2D eigenvalue weighted by Crippen LogP contribution is -2.26. The molecule has 0 saturated heterocycles. The first-order valence-corrected chi connectivity index (χ1v) is 8.11. The van der Waals surface area contributed by atoms with Crippen LogP contribution in [-0.4, -0.2) is 29.1 Å². The van der Waals surface area contributed by atoms with Gasteiger partial charge in [0, 0.05) is 17.6 Å². The number of anilines is 2. The molecule has 0 saturated carbocycles. The van der Waals surface area contributed by atoms with Crippen LogP contribution in [0.15, 0.2) is 54.6 Å². The Bertz CT molecular complexity index is 957. The minimum Gasteiger partial charge on any atom is -0.395 e. The molecule has 1 heterocycles. The summed E-state index contributed by atoms with van der Waals surface area (Å²) >= 11 is 0. The number of aliphatic hydroxyl groups excluding tert-OH is 1. The summed E-state index contributed by atoms with van der Waals surface area (Å²) in [6.45, 7) is -0.0808. The minimum atomic E-state index is -4.41. The Morgan fingerprint density at radius 1 is 1.07 bits per heavy atom. The maximum atomic E-state index is 12.7. The van der Waals surface area contributed by atoms with Crippen molar-refractivity contribution in [3.63, 3.8) is 0 Å². The molecule has 1 amide bonds. The van der Waals surface area contributed by atoms with Gasteiger partial charge in [-0.2, -0.15) is 13.2 Å². The average molecular weight is 375 g/mol. The van der Waals surface area contributed by atoms with Crippen LogP contribution in [0.3, 0.4) is 0 Å². The van der Waals surface area contributed by atoms with Crippen molar-refractivity contribution < 1.29 is 23.1 Å². The number of aromatic nitrogens is 1. The molecule has 2 aromatic carbocycles. The molecule has 27 heavy (non-hydrogen) atoms. The number of alkyl halides is 3. The predicted molar refractivity (Wildman–Crippen MR) is 95.9 cm³/mol. The van der Waals surface area contributed by atoms with Gasteiger partial charge in [-0.1, -0.05) is 18.2 Å². The Hall–Kier alpha value is -3.13. The van der Waals surface area contributed by atoms with Crippen LogP contribution in [0.25, 0.3) is 10.9 Å². The van der Waals surface area contributed by atoms with Crippen molar-refractivity contribution in [3.05, 3.63) is 65.7 Å². The first-order valence-electron chi connectivity index (χ1n) is 8.11. The van der Waals surface area contributed by atoms with Crippen molar-refractivity contribution in [2.45, 2.75) is 6.18 Å². The number of halogens is 3. The molecular weight excluding hydrogens is 359 g/mol. The number of para-hydroxylation sites is 1. The molecule has 8 heteroatoms. The quantitative estimate of drug-likeness (QED) is 0.635. The highest BCUT2D eigenvalue weighted by Crippen LogP contribution is 2.30. The maximum Gasteiger partial charge on any atom is 0.416 e. The number of nitrogens with zero attached hydrogens (tertiary/aromatic N) is 1. The number of hydrogen-bond acceptors (Lipinski definition) is 4. The molecule has 0 radical (unpaired) electrons. The number of aliphatic hydroxyl groups is 1. The van der Waals surface area contributed by atoms with Crippen molar-refractivity contribution in [1.82, 2.24) is 10.3 Å². The van der Waals surface area contributed by atoms with Crippen LogP contribution in [0.1, 0.15) is 15.9 Å². The fraction of sp³-hybridized carbons (Fsp3) is 0.158. The smallest absolute Gasteiger partial charge is 0.395 e. The maximum absolute atomic E-state index is 12.7. The van der Waals surface area contributed by atoms with Gasteiger partial charge < -0.3 is 15.7 Å².